The zero-order valence-corrected chi connectivity index (χ0v) is 13.5. The van der Waals surface area contributed by atoms with E-state index in [0.717, 1.165) is 12.0 Å². The van der Waals surface area contributed by atoms with E-state index in [2.05, 4.69) is 29.7 Å². The highest BCUT2D eigenvalue weighted by atomic mass is 16.3. The first-order valence-corrected chi connectivity index (χ1v) is 7.92. The van der Waals surface area contributed by atoms with Gasteiger partial charge in [0, 0.05) is 6.54 Å². The number of rotatable bonds is 7. The number of aryl methyl sites for hydroxylation is 1. The van der Waals surface area contributed by atoms with Crippen LogP contribution in [0, 0.1) is 6.92 Å². The van der Waals surface area contributed by atoms with Crippen molar-refractivity contribution in [3.63, 3.8) is 0 Å². The molecule has 2 aromatic rings. The number of aliphatic hydroxyl groups excluding tert-OH is 1. The first-order chi connectivity index (χ1) is 11.2. The highest BCUT2D eigenvalue weighted by Crippen LogP contribution is 2.07. The van der Waals surface area contributed by atoms with Crippen molar-refractivity contribution in [3.8, 4) is 0 Å². The van der Waals surface area contributed by atoms with Crippen molar-refractivity contribution in [3.05, 3.63) is 71.3 Å². The van der Waals surface area contributed by atoms with Gasteiger partial charge in [0.1, 0.15) is 0 Å². The lowest BCUT2D eigenvalue weighted by Crippen LogP contribution is -2.45. The number of nitrogens with one attached hydrogen (secondary N) is 2. The van der Waals surface area contributed by atoms with Crippen LogP contribution < -0.4 is 10.6 Å². The third-order valence-corrected chi connectivity index (χ3v) is 3.82. The SMILES string of the molecule is Cc1ccccc1CCNC(=O)NC(CO)Cc1ccccc1. The molecule has 4 nitrogen and oxygen atoms in total. The van der Waals surface area contributed by atoms with E-state index in [0.29, 0.717) is 13.0 Å². The van der Waals surface area contributed by atoms with Crippen LogP contribution in [0.3, 0.4) is 0 Å². The fourth-order valence-corrected chi connectivity index (χ4v) is 2.50. The summed E-state index contributed by atoms with van der Waals surface area (Å²) >= 11 is 0. The van der Waals surface area contributed by atoms with Gasteiger partial charge >= 0.3 is 6.03 Å². The van der Waals surface area contributed by atoms with E-state index in [4.69, 9.17) is 0 Å². The van der Waals surface area contributed by atoms with Gasteiger partial charge in [-0.15, -0.1) is 0 Å². The molecule has 0 spiro atoms. The summed E-state index contributed by atoms with van der Waals surface area (Å²) < 4.78 is 0. The molecule has 0 saturated heterocycles. The normalized spacial score (nSPS) is 11.7. The van der Waals surface area contributed by atoms with Crippen LogP contribution in [0.2, 0.25) is 0 Å². The maximum atomic E-state index is 11.9. The number of urea groups is 1. The molecule has 0 aliphatic carbocycles. The minimum absolute atomic E-state index is 0.0832. The van der Waals surface area contributed by atoms with Crippen LogP contribution in [0.4, 0.5) is 4.79 Å². The third-order valence-electron chi connectivity index (χ3n) is 3.82. The number of aliphatic hydroxyl groups is 1. The van der Waals surface area contributed by atoms with Crippen LogP contribution >= 0.6 is 0 Å². The molecule has 0 aliphatic rings. The average Bonchev–Trinajstić information content (AvgIpc) is 2.57. The minimum atomic E-state index is -0.282. The molecule has 1 atom stereocenters. The first-order valence-electron chi connectivity index (χ1n) is 7.92. The molecule has 3 N–H and O–H groups in total. The van der Waals surface area contributed by atoms with Crippen LogP contribution in [0.15, 0.2) is 54.6 Å². The molecule has 0 heterocycles. The Morgan fingerprint density at radius 3 is 2.48 bits per heavy atom. The van der Waals surface area contributed by atoms with Gasteiger partial charge in [-0.05, 0) is 36.5 Å². The Kier molecular flexibility index (Phi) is 6.63. The molecule has 1 unspecified atom stereocenters. The Balaban J connectivity index is 1.75. The molecule has 2 rings (SSSR count). The summed E-state index contributed by atoms with van der Waals surface area (Å²) in [5.41, 5.74) is 3.55. The number of carbonyl (C=O) groups excluding carboxylic acids is 1. The zero-order valence-electron chi connectivity index (χ0n) is 13.5. The predicted octanol–water partition coefficient (Wildman–Crippen LogP) is 2.44. The molecular formula is C19H24N2O2. The Labute approximate surface area is 137 Å². The Morgan fingerprint density at radius 2 is 1.78 bits per heavy atom. The summed E-state index contributed by atoms with van der Waals surface area (Å²) in [5, 5.41) is 15.1. The molecule has 0 aromatic heterocycles. The standard InChI is InChI=1S/C19H24N2O2/c1-15-7-5-6-10-17(15)11-12-20-19(23)21-18(14-22)13-16-8-3-2-4-9-16/h2-10,18,22H,11-14H2,1H3,(H2,20,21,23). The van der Waals surface area contributed by atoms with Crippen molar-refractivity contribution >= 4 is 6.03 Å². The summed E-state index contributed by atoms with van der Waals surface area (Å²) in [7, 11) is 0. The first kappa shape index (κ1) is 17.0. The van der Waals surface area contributed by atoms with Gasteiger partial charge in [-0.25, -0.2) is 4.79 Å². The largest absolute Gasteiger partial charge is 0.394 e. The van der Waals surface area contributed by atoms with Gasteiger partial charge in [-0.2, -0.15) is 0 Å². The number of hydrogen-bond acceptors (Lipinski definition) is 2. The molecule has 0 aliphatic heterocycles. The van der Waals surface area contributed by atoms with E-state index in [1.807, 2.05) is 42.5 Å². The van der Waals surface area contributed by atoms with Crippen molar-refractivity contribution in [2.24, 2.45) is 0 Å². The zero-order chi connectivity index (χ0) is 16.5. The van der Waals surface area contributed by atoms with Crippen molar-refractivity contribution in [2.45, 2.75) is 25.8 Å². The summed E-state index contributed by atoms with van der Waals surface area (Å²) in [4.78, 5) is 11.9. The topological polar surface area (TPSA) is 61.4 Å². The Hall–Kier alpha value is -2.33. The summed E-state index contributed by atoms with van der Waals surface area (Å²) in [5.74, 6) is 0. The van der Waals surface area contributed by atoms with Gasteiger partial charge in [-0.3, -0.25) is 0 Å². The second-order valence-corrected chi connectivity index (χ2v) is 5.65. The van der Waals surface area contributed by atoms with E-state index in [-0.39, 0.29) is 18.7 Å². The molecule has 0 bridgehead atoms. The number of hydrogen-bond donors (Lipinski definition) is 3. The average molecular weight is 312 g/mol. The van der Waals surface area contributed by atoms with Crippen LogP contribution in [0.1, 0.15) is 16.7 Å². The van der Waals surface area contributed by atoms with Gasteiger partial charge in [0.15, 0.2) is 0 Å². The fraction of sp³-hybridized carbons (Fsp3) is 0.316. The van der Waals surface area contributed by atoms with Gasteiger partial charge in [0.2, 0.25) is 0 Å². The summed E-state index contributed by atoms with van der Waals surface area (Å²) in [6, 6.07) is 17.4. The van der Waals surface area contributed by atoms with Gasteiger partial charge in [0.05, 0.1) is 12.6 Å². The second-order valence-electron chi connectivity index (χ2n) is 5.65. The quantitative estimate of drug-likeness (QED) is 0.735. The molecule has 0 saturated carbocycles. The van der Waals surface area contributed by atoms with Crippen molar-refractivity contribution in [1.29, 1.82) is 0 Å². The number of benzene rings is 2. The monoisotopic (exact) mass is 312 g/mol. The lowest BCUT2D eigenvalue weighted by Gasteiger charge is -2.17. The lowest BCUT2D eigenvalue weighted by molar-refractivity contribution is 0.216. The highest BCUT2D eigenvalue weighted by molar-refractivity contribution is 5.74. The smallest absolute Gasteiger partial charge is 0.315 e. The number of carbonyl (C=O) groups is 1. The molecular weight excluding hydrogens is 288 g/mol. The molecule has 2 aromatic carbocycles. The molecule has 0 fully saturated rings. The van der Waals surface area contributed by atoms with Gasteiger partial charge in [-0.1, -0.05) is 54.6 Å². The summed E-state index contributed by atoms with van der Waals surface area (Å²) in [6.45, 7) is 2.55. The van der Waals surface area contributed by atoms with E-state index >= 15 is 0 Å². The Bertz CT molecular complexity index is 614. The van der Waals surface area contributed by atoms with Crippen LogP contribution in [0.5, 0.6) is 0 Å². The lowest BCUT2D eigenvalue weighted by atomic mass is 10.1. The Morgan fingerprint density at radius 1 is 1.09 bits per heavy atom. The molecule has 0 radical (unpaired) electrons. The van der Waals surface area contributed by atoms with E-state index in [1.54, 1.807) is 0 Å². The van der Waals surface area contributed by atoms with Crippen molar-refractivity contribution in [2.75, 3.05) is 13.2 Å². The maximum absolute atomic E-state index is 11.9. The fourth-order valence-electron chi connectivity index (χ4n) is 2.50. The van der Waals surface area contributed by atoms with Crippen molar-refractivity contribution < 1.29 is 9.90 Å². The number of amides is 2. The molecule has 23 heavy (non-hydrogen) atoms. The van der Waals surface area contributed by atoms with E-state index < -0.39 is 0 Å². The molecule has 4 heteroatoms. The van der Waals surface area contributed by atoms with Crippen LogP contribution in [-0.2, 0) is 12.8 Å². The molecule has 2 amide bonds. The minimum Gasteiger partial charge on any atom is -0.394 e. The maximum Gasteiger partial charge on any atom is 0.315 e. The van der Waals surface area contributed by atoms with E-state index in [1.165, 1.54) is 11.1 Å². The van der Waals surface area contributed by atoms with Gasteiger partial charge < -0.3 is 15.7 Å². The molecule has 122 valence electrons. The second kappa shape index (κ2) is 8.96. The van der Waals surface area contributed by atoms with Crippen LogP contribution in [-0.4, -0.2) is 30.3 Å². The van der Waals surface area contributed by atoms with Crippen LogP contribution in [0.25, 0.3) is 0 Å². The third kappa shape index (κ3) is 5.75. The van der Waals surface area contributed by atoms with E-state index in [9.17, 15) is 9.90 Å². The summed E-state index contributed by atoms with van der Waals surface area (Å²) in [6.07, 6.45) is 1.41. The van der Waals surface area contributed by atoms with Crippen molar-refractivity contribution in [1.82, 2.24) is 10.6 Å². The predicted molar refractivity (Wildman–Crippen MR) is 92.4 cm³/mol. The highest BCUT2D eigenvalue weighted by Gasteiger charge is 2.11. The van der Waals surface area contributed by atoms with Gasteiger partial charge in [0.25, 0.3) is 0 Å².